The van der Waals surface area contributed by atoms with Gasteiger partial charge in [0.1, 0.15) is 11.3 Å². The molecule has 0 unspecified atom stereocenters. The van der Waals surface area contributed by atoms with Gasteiger partial charge >= 0.3 is 5.97 Å². The predicted octanol–water partition coefficient (Wildman–Crippen LogP) is 0.753. The van der Waals surface area contributed by atoms with Crippen LogP contribution >= 0.6 is 0 Å². The summed E-state index contributed by atoms with van der Waals surface area (Å²) in [7, 11) is -2.77. The smallest absolute Gasteiger partial charge is 0.343 e. The van der Waals surface area contributed by atoms with Crippen molar-refractivity contribution in [3.63, 3.8) is 0 Å². The Labute approximate surface area is 154 Å². The molecule has 140 valence electrons. The second-order valence-corrected chi connectivity index (χ2v) is 7.11. The van der Waals surface area contributed by atoms with E-state index in [0.29, 0.717) is 0 Å². The molecule has 1 aliphatic rings. The van der Waals surface area contributed by atoms with Crippen molar-refractivity contribution >= 4 is 27.8 Å². The fourth-order valence-electron chi connectivity index (χ4n) is 2.58. The molecule has 10 heteroatoms. The fourth-order valence-corrected chi connectivity index (χ4v) is 3.12. The normalized spacial score (nSPS) is 13.5. The van der Waals surface area contributed by atoms with Crippen molar-refractivity contribution in [2.24, 2.45) is 5.14 Å². The molecule has 2 aromatic rings. The number of amides is 2. The Morgan fingerprint density at radius 3 is 2.19 bits per heavy atom. The average molecular weight is 390 g/mol. The topological polar surface area (TPSA) is 133 Å². The van der Waals surface area contributed by atoms with Crippen LogP contribution in [0, 0.1) is 0 Å². The van der Waals surface area contributed by atoms with Gasteiger partial charge in [-0.05, 0) is 30.3 Å². The van der Waals surface area contributed by atoms with E-state index in [-0.39, 0.29) is 27.3 Å². The van der Waals surface area contributed by atoms with E-state index in [2.05, 4.69) is 0 Å². The van der Waals surface area contributed by atoms with Crippen molar-refractivity contribution < 1.29 is 32.3 Å². The van der Waals surface area contributed by atoms with Gasteiger partial charge in [0.05, 0.1) is 23.1 Å². The minimum Gasteiger partial charge on any atom is -0.496 e. The maximum Gasteiger partial charge on any atom is 0.343 e. The summed E-state index contributed by atoms with van der Waals surface area (Å²) in [5.41, 5.74) is 0.223. The Morgan fingerprint density at radius 1 is 1.07 bits per heavy atom. The number of sulfonamides is 1. The van der Waals surface area contributed by atoms with Gasteiger partial charge in [-0.25, -0.2) is 23.3 Å². The summed E-state index contributed by atoms with van der Waals surface area (Å²) in [5, 5.41) is 5.06. The van der Waals surface area contributed by atoms with Crippen molar-refractivity contribution in [3.05, 3.63) is 59.2 Å². The van der Waals surface area contributed by atoms with Gasteiger partial charge in [-0.1, -0.05) is 12.1 Å². The summed E-state index contributed by atoms with van der Waals surface area (Å²) >= 11 is 0. The lowest BCUT2D eigenvalue weighted by Crippen LogP contribution is -2.33. The van der Waals surface area contributed by atoms with Crippen LogP contribution in [-0.4, -0.2) is 44.9 Å². The van der Waals surface area contributed by atoms with Crippen LogP contribution in [-0.2, 0) is 14.8 Å². The van der Waals surface area contributed by atoms with Gasteiger partial charge in [0.2, 0.25) is 10.0 Å². The molecule has 0 fully saturated rings. The van der Waals surface area contributed by atoms with Gasteiger partial charge in [0, 0.05) is 0 Å². The van der Waals surface area contributed by atoms with Crippen LogP contribution in [0.1, 0.15) is 31.1 Å². The zero-order valence-electron chi connectivity index (χ0n) is 14.0. The molecule has 0 saturated carbocycles. The predicted molar refractivity (Wildman–Crippen MR) is 91.6 cm³/mol. The summed E-state index contributed by atoms with van der Waals surface area (Å²) in [4.78, 5) is 37.3. The third-order valence-corrected chi connectivity index (χ3v) is 4.83. The summed E-state index contributed by atoms with van der Waals surface area (Å²) < 4.78 is 33.0. The molecule has 9 nitrogen and oxygen atoms in total. The Kier molecular flexibility index (Phi) is 4.68. The van der Waals surface area contributed by atoms with Crippen LogP contribution < -0.4 is 9.88 Å². The zero-order chi connectivity index (χ0) is 19.8. The Balaban J connectivity index is 1.81. The van der Waals surface area contributed by atoms with Gasteiger partial charge in [-0.2, -0.15) is 0 Å². The van der Waals surface area contributed by atoms with Crippen molar-refractivity contribution in [1.29, 1.82) is 0 Å². The molecule has 27 heavy (non-hydrogen) atoms. The SMILES string of the molecule is COc1ccc(S(N)(=O)=O)cc1C(=O)OCN1C(=O)c2ccccc2C1=O. The van der Waals surface area contributed by atoms with Crippen molar-refractivity contribution in [2.75, 3.05) is 13.8 Å². The number of benzene rings is 2. The van der Waals surface area contributed by atoms with Crippen LogP contribution in [0.15, 0.2) is 47.4 Å². The molecular formula is C17H14N2O7S. The van der Waals surface area contributed by atoms with Gasteiger partial charge in [-0.3, -0.25) is 9.59 Å². The molecule has 3 rings (SSSR count). The van der Waals surface area contributed by atoms with E-state index in [0.717, 1.165) is 11.0 Å². The first-order valence-electron chi connectivity index (χ1n) is 7.57. The number of carbonyl (C=O) groups excluding carboxylic acids is 3. The number of hydrogen-bond donors (Lipinski definition) is 1. The van der Waals surface area contributed by atoms with Crippen molar-refractivity contribution in [3.8, 4) is 5.75 Å². The third-order valence-electron chi connectivity index (χ3n) is 3.92. The number of nitrogens with zero attached hydrogens (tertiary/aromatic N) is 1. The van der Waals surface area contributed by atoms with Gasteiger partial charge in [-0.15, -0.1) is 0 Å². The molecule has 0 atom stereocenters. The second kappa shape index (κ2) is 6.82. The summed E-state index contributed by atoms with van der Waals surface area (Å²) in [5.74, 6) is -2.11. The number of nitrogens with two attached hydrogens (primary N) is 1. The number of rotatable bonds is 5. The number of methoxy groups -OCH3 is 1. The molecule has 0 saturated heterocycles. The van der Waals surface area contributed by atoms with E-state index in [9.17, 15) is 22.8 Å². The molecule has 0 radical (unpaired) electrons. The van der Waals surface area contributed by atoms with Crippen LogP contribution in [0.4, 0.5) is 0 Å². The maximum absolute atomic E-state index is 12.4. The van der Waals surface area contributed by atoms with Crippen LogP contribution in [0.5, 0.6) is 5.75 Å². The molecular weight excluding hydrogens is 376 g/mol. The fraction of sp³-hybridized carbons (Fsp3) is 0.118. The van der Waals surface area contributed by atoms with Gasteiger partial charge in [0.15, 0.2) is 6.73 Å². The van der Waals surface area contributed by atoms with E-state index in [1.807, 2.05) is 0 Å². The summed E-state index contributed by atoms with van der Waals surface area (Å²) in [6, 6.07) is 9.64. The Morgan fingerprint density at radius 2 is 1.67 bits per heavy atom. The molecule has 2 N–H and O–H groups in total. The molecule has 2 amide bonds. The first kappa shape index (κ1) is 18.5. The number of esters is 1. The lowest BCUT2D eigenvalue weighted by Gasteiger charge is -2.15. The molecule has 1 heterocycles. The highest BCUT2D eigenvalue weighted by Gasteiger charge is 2.36. The minimum absolute atomic E-state index is 0.0507. The van der Waals surface area contributed by atoms with E-state index in [4.69, 9.17) is 14.6 Å². The lowest BCUT2D eigenvalue weighted by atomic mass is 10.1. The number of hydrogen-bond acceptors (Lipinski definition) is 7. The third kappa shape index (κ3) is 3.39. The summed E-state index contributed by atoms with van der Waals surface area (Å²) in [6.45, 7) is -0.631. The van der Waals surface area contributed by atoms with Crippen LogP contribution in [0.3, 0.4) is 0 Å². The zero-order valence-corrected chi connectivity index (χ0v) is 14.9. The minimum atomic E-state index is -4.05. The van der Waals surface area contributed by atoms with E-state index < -0.39 is 34.5 Å². The second-order valence-electron chi connectivity index (χ2n) is 5.55. The Bertz CT molecular complexity index is 1030. The largest absolute Gasteiger partial charge is 0.496 e. The molecule has 0 spiro atoms. The quantitative estimate of drug-likeness (QED) is 0.588. The standard InChI is InChI=1S/C17H14N2O7S/c1-25-14-7-6-10(27(18,23)24)8-13(14)17(22)26-9-19-15(20)11-4-2-3-5-12(11)16(19)21/h2-8H,9H2,1H3,(H2,18,23,24). The van der Waals surface area contributed by atoms with E-state index in [1.54, 1.807) is 12.1 Å². The van der Waals surface area contributed by atoms with Gasteiger partial charge < -0.3 is 9.47 Å². The first-order valence-corrected chi connectivity index (χ1v) is 9.12. The molecule has 2 aromatic carbocycles. The highest BCUT2D eigenvalue weighted by Crippen LogP contribution is 2.25. The average Bonchev–Trinajstić information content (AvgIpc) is 2.89. The molecule has 0 aliphatic carbocycles. The van der Waals surface area contributed by atoms with E-state index >= 15 is 0 Å². The lowest BCUT2D eigenvalue weighted by molar-refractivity contribution is 0.0226. The number of imide groups is 1. The van der Waals surface area contributed by atoms with Crippen molar-refractivity contribution in [2.45, 2.75) is 4.90 Å². The number of ether oxygens (including phenoxy) is 2. The van der Waals surface area contributed by atoms with Crippen molar-refractivity contribution in [1.82, 2.24) is 4.90 Å². The highest BCUT2D eigenvalue weighted by atomic mass is 32.2. The first-order chi connectivity index (χ1) is 12.7. The number of fused-ring (bicyclic) bond motifs is 1. The molecule has 0 bridgehead atoms. The van der Waals surface area contributed by atoms with Crippen LogP contribution in [0.2, 0.25) is 0 Å². The summed E-state index contributed by atoms with van der Waals surface area (Å²) in [6.07, 6.45) is 0. The number of primary sulfonamides is 1. The van der Waals surface area contributed by atoms with Crippen LogP contribution in [0.25, 0.3) is 0 Å². The maximum atomic E-state index is 12.4. The monoisotopic (exact) mass is 390 g/mol. The highest BCUT2D eigenvalue weighted by molar-refractivity contribution is 7.89. The number of carbonyl (C=O) groups is 3. The Hall–Kier alpha value is -3.24. The van der Waals surface area contributed by atoms with Gasteiger partial charge in [0.25, 0.3) is 11.8 Å². The van der Waals surface area contributed by atoms with E-state index in [1.165, 1.54) is 31.4 Å². The molecule has 1 aliphatic heterocycles. The molecule has 0 aromatic heterocycles.